The van der Waals surface area contributed by atoms with Crippen molar-refractivity contribution in [3.05, 3.63) is 64.4 Å². The largest absolute Gasteiger partial charge is 0.437 e. The van der Waals surface area contributed by atoms with Gasteiger partial charge in [0.1, 0.15) is 5.58 Å². The molecule has 0 radical (unpaired) electrons. The van der Waals surface area contributed by atoms with Crippen molar-refractivity contribution < 1.29 is 4.42 Å². The summed E-state index contributed by atoms with van der Waals surface area (Å²) in [5, 5.41) is 0.508. The quantitative estimate of drug-likeness (QED) is 0.653. The van der Waals surface area contributed by atoms with Crippen molar-refractivity contribution in [2.45, 2.75) is 6.92 Å². The van der Waals surface area contributed by atoms with Gasteiger partial charge < -0.3 is 4.42 Å². The van der Waals surface area contributed by atoms with Crippen LogP contribution in [0.5, 0.6) is 0 Å². The normalized spacial score (nSPS) is 10.7. The highest BCUT2D eigenvalue weighted by molar-refractivity contribution is 5.76. The smallest absolute Gasteiger partial charge is 0.284 e. The van der Waals surface area contributed by atoms with E-state index in [0.717, 1.165) is 11.1 Å². The van der Waals surface area contributed by atoms with E-state index < -0.39 is 0 Å². The second-order valence-electron chi connectivity index (χ2n) is 4.19. The lowest BCUT2D eigenvalue weighted by Crippen LogP contribution is -2.06. The molecule has 0 saturated heterocycles. The first kappa shape index (κ1) is 10.7. The molecular weight excluding hydrogens is 226 g/mol. The molecule has 0 atom stereocenters. The number of fused-ring (bicyclic) bond motifs is 1. The molecule has 0 saturated carbocycles. The molecule has 88 valence electrons. The van der Waals surface area contributed by atoms with E-state index in [9.17, 15) is 4.79 Å². The summed E-state index contributed by atoms with van der Waals surface area (Å²) in [4.78, 5) is 15.9. The first-order valence-corrected chi connectivity index (χ1v) is 5.71. The lowest BCUT2D eigenvalue weighted by molar-refractivity contribution is 0.595. The summed E-state index contributed by atoms with van der Waals surface area (Å²) in [5.74, 6) is 0.363. The average molecular weight is 237 g/mol. The standard InChI is InChI=1S/C15H11NO2/c1-10-5-4-6-11(9-10)15-16-14(17)12-7-2-3-8-13(12)18-15/h2-9H,1H3. The molecule has 3 heteroatoms. The number of para-hydroxylation sites is 1. The van der Waals surface area contributed by atoms with Gasteiger partial charge in [-0.15, -0.1) is 0 Å². The number of hydrogen-bond donors (Lipinski definition) is 0. The van der Waals surface area contributed by atoms with Gasteiger partial charge in [0.2, 0.25) is 5.89 Å². The van der Waals surface area contributed by atoms with Crippen molar-refractivity contribution in [1.29, 1.82) is 0 Å². The van der Waals surface area contributed by atoms with Crippen LogP contribution in [0.15, 0.2) is 57.7 Å². The molecule has 18 heavy (non-hydrogen) atoms. The van der Waals surface area contributed by atoms with Crippen molar-refractivity contribution >= 4 is 11.0 Å². The van der Waals surface area contributed by atoms with E-state index in [1.165, 1.54) is 0 Å². The summed E-state index contributed by atoms with van der Waals surface area (Å²) >= 11 is 0. The Morgan fingerprint density at radius 1 is 1.06 bits per heavy atom. The number of aryl methyl sites for hydroxylation is 1. The van der Waals surface area contributed by atoms with Crippen LogP contribution in [0.2, 0.25) is 0 Å². The first-order valence-electron chi connectivity index (χ1n) is 5.71. The fourth-order valence-electron chi connectivity index (χ4n) is 1.91. The molecule has 0 N–H and O–H groups in total. The molecule has 1 heterocycles. The summed E-state index contributed by atoms with van der Waals surface area (Å²) in [6.45, 7) is 1.99. The number of hydrogen-bond acceptors (Lipinski definition) is 3. The minimum atomic E-state index is -0.256. The van der Waals surface area contributed by atoms with E-state index in [-0.39, 0.29) is 5.56 Å². The van der Waals surface area contributed by atoms with Gasteiger partial charge in [-0.2, -0.15) is 4.98 Å². The highest BCUT2D eigenvalue weighted by atomic mass is 16.3. The maximum atomic E-state index is 11.9. The van der Waals surface area contributed by atoms with Crippen LogP contribution < -0.4 is 5.56 Å². The molecule has 0 aliphatic heterocycles. The van der Waals surface area contributed by atoms with Crippen LogP contribution in [0.3, 0.4) is 0 Å². The van der Waals surface area contributed by atoms with Crippen LogP contribution in [-0.4, -0.2) is 4.98 Å². The summed E-state index contributed by atoms with van der Waals surface area (Å²) in [6, 6.07) is 14.9. The molecule has 0 spiro atoms. The highest BCUT2D eigenvalue weighted by Gasteiger charge is 2.07. The predicted octanol–water partition coefficient (Wildman–Crippen LogP) is 3.16. The number of aromatic nitrogens is 1. The zero-order valence-corrected chi connectivity index (χ0v) is 9.88. The van der Waals surface area contributed by atoms with E-state index in [4.69, 9.17) is 4.42 Å². The fourth-order valence-corrected chi connectivity index (χ4v) is 1.91. The Hall–Kier alpha value is -2.42. The summed E-state index contributed by atoms with van der Waals surface area (Å²) < 4.78 is 5.67. The van der Waals surface area contributed by atoms with Crippen LogP contribution in [0.4, 0.5) is 0 Å². The molecule has 3 aromatic rings. The number of nitrogens with zero attached hydrogens (tertiary/aromatic N) is 1. The topological polar surface area (TPSA) is 43.1 Å². The molecule has 2 aromatic carbocycles. The van der Waals surface area contributed by atoms with Gasteiger partial charge in [-0.05, 0) is 31.2 Å². The van der Waals surface area contributed by atoms with Crippen molar-refractivity contribution in [1.82, 2.24) is 4.98 Å². The SMILES string of the molecule is Cc1cccc(-c2nc(=O)c3ccccc3o2)c1. The molecule has 0 aliphatic carbocycles. The van der Waals surface area contributed by atoms with Gasteiger partial charge in [0.05, 0.1) is 5.39 Å². The van der Waals surface area contributed by atoms with Gasteiger partial charge >= 0.3 is 0 Å². The molecule has 0 unspecified atom stereocenters. The van der Waals surface area contributed by atoms with E-state index in [1.807, 2.05) is 37.3 Å². The Kier molecular flexibility index (Phi) is 2.45. The second kappa shape index (κ2) is 4.11. The average Bonchev–Trinajstić information content (AvgIpc) is 2.39. The Labute approximate surface area is 104 Å². The zero-order chi connectivity index (χ0) is 12.5. The van der Waals surface area contributed by atoms with Gasteiger partial charge in [-0.1, -0.05) is 29.8 Å². The van der Waals surface area contributed by atoms with Gasteiger partial charge in [0.15, 0.2) is 0 Å². The zero-order valence-electron chi connectivity index (χ0n) is 9.88. The van der Waals surface area contributed by atoms with Crippen LogP contribution in [0, 0.1) is 6.92 Å². The minimum Gasteiger partial charge on any atom is -0.437 e. The molecule has 0 fully saturated rings. The lowest BCUT2D eigenvalue weighted by atomic mass is 10.1. The molecule has 3 rings (SSSR count). The number of rotatable bonds is 1. The molecule has 3 nitrogen and oxygen atoms in total. The van der Waals surface area contributed by atoms with E-state index in [0.29, 0.717) is 16.9 Å². The maximum absolute atomic E-state index is 11.9. The van der Waals surface area contributed by atoms with E-state index >= 15 is 0 Å². The monoisotopic (exact) mass is 237 g/mol. The lowest BCUT2D eigenvalue weighted by Gasteiger charge is -2.02. The van der Waals surface area contributed by atoms with Crippen LogP contribution in [0.1, 0.15) is 5.56 Å². The fraction of sp³-hybridized carbons (Fsp3) is 0.0667. The molecular formula is C15H11NO2. The third kappa shape index (κ3) is 1.80. The second-order valence-corrected chi connectivity index (χ2v) is 4.19. The summed E-state index contributed by atoms with van der Waals surface area (Å²) in [6.07, 6.45) is 0. The summed E-state index contributed by atoms with van der Waals surface area (Å²) in [7, 11) is 0. The van der Waals surface area contributed by atoms with Gasteiger partial charge in [-0.3, -0.25) is 4.79 Å². The third-order valence-electron chi connectivity index (χ3n) is 2.79. The Morgan fingerprint density at radius 2 is 1.89 bits per heavy atom. The maximum Gasteiger partial charge on any atom is 0.284 e. The molecule has 1 aromatic heterocycles. The molecule has 0 aliphatic rings. The van der Waals surface area contributed by atoms with Gasteiger partial charge in [-0.25, -0.2) is 0 Å². The minimum absolute atomic E-state index is 0.256. The summed E-state index contributed by atoms with van der Waals surface area (Å²) in [5.41, 5.74) is 2.23. The van der Waals surface area contributed by atoms with Crippen molar-refractivity contribution in [3.63, 3.8) is 0 Å². The van der Waals surface area contributed by atoms with Gasteiger partial charge in [0.25, 0.3) is 5.56 Å². The predicted molar refractivity (Wildman–Crippen MR) is 70.5 cm³/mol. The molecule has 0 amide bonds. The van der Waals surface area contributed by atoms with E-state index in [1.54, 1.807) is 18.2 Å². The first-order chi connectivity index (χ1) is 8.74. The van der Waals surface area contributed by atoms with Crippen LogP contribution >= 0.6 is 0 Å². The third-order valence-corrected chi connectivity index (χ3v) is 2.79. The highest BCUT2D eigenvalue weighted by Crippen LogP contribution is 2.20. The van der Waals surface area contributed by atoms with E-state index in [2.05, 4.69) is 4.98 Å². The number of benzene rings is 2. The Morgan fingerprint density at radius 3 is 2.72 bits per heavy atom. The Balaban J connectivity index is 2.28. The van der Waals surface area contributed by atoms with Crippen molar-refractivity contribution in [2.24, 2.45) is 0 Å². The van der Waals surface area contributed by atoms with Gasteiger partial charge in [0, 0.05) is 5.56 Å². The Bertz CT molecular complexity index is 775. The van der Waals surface area contributed by atoms with Crippen molar-refractivity contribution in [3.8, 4) is 11.5 Å². The van der Waals surface area contributed by atoms with Crippen LogP contribution in [0.25, 0.3) is 22.4 Å². The molecule has 0 bridgehead atoms. The van der Waals surface area contributed by atoms with Crippen molar-refractivity contribution in [2.75, 3.05) is 0 Å². The van der Waals surface area contributed by atoms with Crippen LogP contribution in [-0.2, 0) is 0 Å².